The zero-order valence-electron chi connectivity index (χ0n) is 11.5. The largest absolute Gasteiger partial charge is 0.330 e. The molecular weight excluding hydrogens is 274 g/mol. The summed E-state index contributed by atoms with van der Waals surface area (Å²) in [7, 11) is -1.63. The highest BCUT2D eigenvalue weighted by Gasteiger charge is 2.31. The topological polar surface area (TPSA) is 66.6 Å². The number of piperidine rings is 1. The minimum Gasteiger partial charge on any atom is -0.330 e. The first kappa shape index (κ1) is 18.1. The highest BCUT2D eigenvalue weighted by atomic mass is 35.5. The van der Waals surface area contributed by atoms with Crippen molar-refractivity contribution in [3.63, 3.8) is 0 Å². The van der Waals surface area contributed by atoms with E-state index in [1.807, 2.05) is 13.8 Å². The maximum absolute atomic E-state index is 12.3. The van der Waals surface area contributed by atoms with E-state index in [0.29, 0.717) is 38.0 Å². The third-order valence-electron chi connectivity index (χ3n) is 3.16. The van der Waals surface area contributed by atoms with Crippen LogP contribution in [0.4, 0.5) is 0 Å². The van der Waals surface area contributed by atoms with Crippen molar-refractivity contribution in [2.24, 2.45) is 17.6 Å². The summed E-state index contributed by atoms with van der Waals surface area (Å²) < 4.78 is 27.6. The third-order valence-corrected chi connectivity index (χ3v) is 5.08. The van der Waals surface area contributed by atoms with Crippen LogP contribution in [-0.4, -0.2) is 50.3 Å². The first-order valence-electron chi connectivity index (χ1n) is 6.29. The molecule has 18 heavy (non-hydrogen) atoms. The lowest BCUT2D eigenvalue weighted by molar-refractivity contribution is 0.252. The van der Waals surface area contributed by atoms with Gasteiger partial charge >= 0.3 is 0 Å². The molecule has 1 atom stereocenters. The van der Waals surface area contributed by atoms with Crippen molar-refractivity contribution in [3.05, 3.63) is 0 Å². The fraction of sp³-hybridized carbons (Fsp3) is 1.00. The van der Waals surface area contributed by atoms with E-state index in [9.17, 15) is 8.42 Å². The molecule has 0 aromatic rings. The van der Waals surface area contributed by atoms with Crippen LogP contribution in [0.25, 0.3) is 0 Å². The van der Waals surface area contributed by atoms with Gasteiger partial charge < -0.3 is 5.73 Å². The lowest BCUT2D eigenvalue weighted by Gasteiger charge is -2.34. The van der Waals surface area contributed by atoms with Crippen LogP contribution in [0, 0.1) is 11.8 Å². The van der Waals surface area contributed by atoms with Gasteiger partial charge in [-0.05, 0) is 31.2 Å². The molecule has 0 radical (unpaired) electrons. The molecule has 5 nitrogen and oxygen atoms in total. The van der Waals surface area contributed by atoms with Gasteiger partial charge in [0.2, 0.25) is 0 Å². The van der Waals surface area contributed by atoms with Gasteiger partial charge in [-0.1, -0.05) is 13.8 Å². The number of halogens is 1. The number of nitrogens with two attached hydrogens (primary N) is 1. The highest BCUT2D eigenvalue weighted by molar-refractivity contribution is 7.86. The van der Waals surface area contributed by atoms with Gasteiger partial charge in [0.1, 0.15) is 0 Å². The molecule has 1 aliphatic rings. The van der Waals surface area contributed by atoms with E-state index in [1.165, 1.54) is 4.31 Å². The molecular formula is C11H26ClN3O2S. The molecule has 1 fully saturated rings. The molecule has 110 valence electrons. The Kier molecular flexibility index (Phi) is 7.70. The summed E-state index contributed by atoms with van der Waals surface area (Å²) >= 11 is 0. The molecule has 0 bridgehead atoms. The number of rotatable bonds is 5. The molecule has 7 heteroatoms. The molecule has 1 rings (SSSR count). The molecule has 1 heterocycles. The van der Waals surface area contributed by atoms with Crippen LogP contribution in [-0.2, 0) is 10.2 Å². The minimum absolute atomic E-state index is 0. The van der Waals surface area contributed by atoms with Crippen molar-refractivity contribution in [1.29, 1.82) is 0 Å². The summed E-state index contributed by atoms with van der Waals surface area (Å²) in [4.78, 5) is 0. The Hall–Kier alpha value is 0.120. The zero-order valence-corrected chi connectivity index (χ0v) is 13.1. The van der Waals surface area contributed by atoms with Crippen molar-refractivity contribution in [2.75, 3.05) is 33.2 Å². The van der Waals surface area contributed by atoms with Crippen LogP contribution in [0.15, 0.2) is 0 Å². The second-order valence-electron chi connectivity index (χ2n) is 5.28. The average Bonchev–Trinajstić information content (AvgIpc) is 2.28. The zero-order chi connectivity index (χ0) is 13.1. The van der Waals surface area contributed by atoms with E-state index in [1.54, 1.807) is 11.4 Å². The summed E-state index contributed by atoms with van der Waals surface area (Å²) in [6.07, 6.45) is 1.95. The van der Waals surface area contributed by atoms with E-state index >= 15 is 0 Å². The van der Waals surface area contributed by atoms with Gasteiger partial charge in [-0.3, -0.25) is 0 Å². The Labute approximate surface area is 117 Å². The number of hydrogen-bond donors (Lipinski definition) is 1. The van der Waals surface area contributed by atoms with Gasteiger partial charge in [0, 0.05) is 26.7 Å². The summed E-state index contributed by atoms with van der Waals surface area (Å²) in [5.74, 6) is 0.649. The molecule has 0 aromatic heterocycles. The van der Waals surface area contributed by atoms with Gasteiger partial charge in [0.15, 0.2) is 0 Å². The highest BCUT2D eigenvalue weighted by Crippen LogP contribution is 2.20. The standard InChI is InChI=1S/C11H25N3O2S.ClH/c1-10(2)8-13(3)17(15,16)14-6-4-5-11(7-12)9-14;/h10-11H,4-9,12H2,1-3H3;1H. The van der Waals surface area contributed by atoms with E-state index in [4.69, 9.17) is 5.73 Å². The molecule has 1 aliphatic heterocycles. The van der Waals surface area contributed by atoms with Crippen molar-refractivity contribution in [2.45, 2.75) is 26.7 Å². The Bertz CT molecular complexity index is 335. The van der Waals surface area contributed by atoms with Crippen LogP contribution in [0.1, 0.15) is 26.7 Å². The van der Waals surface area contributed by atoms with Crippen molar-refractivity contribution in [3.8, 4) is 0 Å². The summed E-state index contributed by atoms with van der Waals surface area (Å²) in [6, 6.07) is 0. The molecule has 1 saturated heterocycles. The van der Waals surface area contributed by atoms with Crippen LogP contribution in [0.2, 0.25) is 0 Å². The Balaban J connectivity index is 0.00000289. The van der Waals surface area contributed by atoms with Gasteiger partial charge in [-0.2, -0.15) is 17.0 Å². The predicted molar refractivity (Wildman–Crippen MR) is 77.0 cm³/mol. The average molecular weight is 300 g/mol. The molecule has 1 unspecified atom stereocenters. The second kappa shape index (κ2) is 7.65. The second-order valence-corrected chi connectivity index (χ2v) is 7.32. The quantitative estimate of drug-likeness (QED) is 0.820. The Morgan fingerprint density at radius 3 is 2.56 bits per heavy atom. The first-order valence-corrected chi connectivity index (χ1v) is 7.69. The van der Waals surface area contributed by atoms with E-state index in [0.717, 1.165) is 12.8 Å². The molecule has 0 aromatic carbocycles. The molecule has 0 amide bonds. The van der Waals surface area contributed by atoms with Gasteiger partial charge in [-0.25, -0.2) is 0 Å². The number of nitrogens with zero attached hydrogens (tertiary/aromatic N) is 2. The molecule has 0 saturated carbocycles. The van der Waals surface area contributed by atoms with Crippen molar-refractivity contribution in [1.82, 2.24) is 8.61 Å². The van der Waals surface area contributed by atoms with Crippen molar-refractivity contribution < 1.29 is 8.42 Å². The van der Waals surface area contributed by atoms with Crippen LogP contribution >= 0.6 is 12.4 Å². The van der Waals surface area contributed by atoms with Crippen LogP contribution in [0.5, 0.6) is 0 Å². The summed E-state index contributed by atoms with van der Waals surface area (Å²) in [6.45, 7) is 6.37. The lowest BCUT2D eigenvalue weighted by atomic mass is 10.0. The summed E-state index contributed by atoms with van der Waals surface area (Å²) in [5, 5.41) is 0. The maximum Gasteiger partial charge on any atom is 0.281 e. The van der Waals surface area contributed by atoms with E-state index in [2.05, 4.69) is 0 Å². The molecule has 0 aliphatic carbocycles. The van der Waals surface area contributed by atoms with Crippen LogP contribution < -0.4 is 5.73 Å². The fourth-order valence-electron chi connectivity index (χ4n) is 2.23. The Morgan fingerprint density at radius 1 is 1.44 bits per heavy atom. The molecule has 0 spiro atoms. The van der Waals surface area contributed by atoms with Gasteiger partial charge in [0.05, 0.1) is 0 Å². The normalized spacial score (nSPS) is 22.2. The van der Waals surface area contributed by atoms with E-state index < -0.39 is 10.2 Å². The van der Waals surface area contributed by atoms with Gasteiger partial charge in [0.25, 0.3) is 10.2 Å². The van der Waals surface area contributed by atoms with Gasteiger partial charge in [-0.15, -0.1) is 12.4 Å². The maximum atomic E-state index is 12.3. The smallest absolute Gasteiger partial charge is 0.281 e. The minimum atomic E-state index is -3.29. The monoisotopic (exact) mass is 299 g/mol. The fourth-order valence-corrected chi connectivity index (χ4v) is 3.87. The molecule has 2 N–H and O–H groups in total. The van der Waals surface area contributed by atoms with Crippen molar-refractivity contribution >= 4 is 22.6 Å². The predicted octanol–water partition coefficient (Wildman–Crippen LogP) is 0.911. The third kappa shape index (κ3) is 4.66. The first-order chi connectivity index (χ1) is 7.87. The lowest BCUT2D eigenvalue weighted by Crippen LogP contribution is -2.48. The summed E-state index contributed by atoms with van der Waals surface area (Å²) in [5.41, 5.74) is 5.63. The SMILES string of the molecule is CC(C)CN(C)S(=O)(=O)N1CCCC(CN)C1.Cl. The number of hydrogen-bond acceptors (Lipinski definition) is 3. The van der Waals surface area contributed by atoms with Crippen LogP contribution in [0.3, 0.4) is 0 Å². The Morgan fingerprint density at radius 2 is 2.06 bits per heavy atom. The van der Waals surface area contributed by atoms with E-state index in [-0.39, 0.29) is 12.4 Å².